The Labute approximate surface area is 96.7 Å². The van der Waals surface area contributed by atoms with Gasteiger partial charge >= 0.3 is 0 Å². The quantitative estimate of drug-likeness (QED) is 0.783. The van der Waals surface area contributed by atoms with E-state index in [4.69, 9.17) is 4.74 Å². The molecule has 0 N–H and O–H groups in total. The van der Waals surface area contributed by atoms with Crippen molar-refractivity contribution in [3.8, 4) is 5.88 Å². The van der Waals surface area contributed by atoms with Gasteiger partial charge in [-0.15, -0.1) is 0 Å². The van der Waals surface area contributed by atoms with Gasteiger partial charge in [-0.1, -0.05) is 13.8 Å². The smallest absolute Gasteiger partial charge is 0.218 e. The summed E-state index contributed by atoms with van der Waals surface area (Å²) in [6.07, 6.45) is 2.78. The summed E-state index contributed by atoms with van der Waals surface area (Å²) in [6, 6.07) is 1.92. The molecule has 0 radical (unpaired) electrons. The molecule has 0 aliphatic carbocycles. The molecular formula is C12H19N3O. The molecular weight excluding hydrogens is 202 g/mol. The first-order valence-electron chi connectivity index (χ1n) is 5.80. The molecule has 1 aliphatic rings. The summed E-state index contributed by atoms with van der Waals surface area (Å²) >= 11 is 0. The zero-order chi connectivity index (χ0) is 11.6. The van der Waals surface area contributed by atoms with Gasteiger partial charge in [0.05, 0.1) is 6.61 Å². The second-order valence-electron chi connectivity index (χ2n) is 4.98. The van der Waals surface area contributed by atoms with Gasteiger partial charge in [0.2, 0.25) is 5.88 Å². The van der Waals surface area contributed by atoms with Crippen molar-refractivity contribution in [2.45, 2.75) is 27.2 Å². The van der Waals surface area contributed by atoms with E-state index in [1.54, 1.807) is 6.33 Å². The first-order chi connectivity index (χ1) is 7.61. The van der Waals surface area contributed by atoms with Gasteiger partial charge < -0.3 is 9.64 Å². The van der Waals surface area contributed by atoms with Crippen LogP contribution in [-0.2, 0) is 0 Å². The van der Waals surface area contributed by atoms with Gasteiger partial charge in [-0.05, 0) is 18.8 Å². The first kappa shape index (κ1) is 11.2. The topological polar surface area (TPSA) is 38.2 Å². The van der Waals surface area contributed by atoms with E-state index < -0.39 is 0 Å². The summed E-state index contributed by atoms with van der Waals surface area (Å²) in [7, 11) is 0. The summed E-state index contributed by atoms with van der Waals surface area (Å²) in [5, 5.41) is 0. The van der Waals surface area contributed by atoms with E-state index in [0.29, 0.717) is 17.9 Å². The minimum atomic E-state index is 0.386. The summed E-state index contributed by atoms with van der Waals surface area (Å²) in [5.41, 5.74) is 0.386. The highest BCUT2D eigenvalue weighted by molar-refractivity contribution is 5.42. The standard InChI is InChI=1S/C12H19N3O/c1-4-16-11-7-10(13-9-14-11)15-6-5-12(2,3)8-15/h7,9H,4-6,8H2,1-3H3. The highest BCUT2D eigenvalue weighted by Crippen LogP contribution is 2.31. The normalized spacial score (nSPS) is 18.8. The number of hydrogen-bond donors (Lipinski definition) is 0. The summed E-state index contributed by atoms with van der Waals surface area (Å²) < 4.78 is 5.38. The molecule has 1 saturated heterocycles. The third-order valence-corrected chi connectivity index (χ3v) is 2.92. The predicted octanol–water partition coefficient (Wildman–Crippen LogP) is 2.11. The van der Waals surface area contributed by atoms with Gasteiger partial charge in [0.1, 0.15) is 12.1 Å². The van der Waals surface area contributed by atoms with Gasteiger partial charge in [0.25, 0.3) is 0 Å². The molecule has 0 saturated carbocycles. The number of nitrogens with zero attached hydrogens (tertiary/aromatic N) is 3. The van der Waals surface area contributed by atoms with E-state index in [9.17, 15) is 0 Å². The average molecular weight is 221 g/mol. The Balaban J connectivity index is 2.12. The van der Waals surface area contributed by atoms with Crippen LogP contribution < -0.4 is 9.64 Å². The molecule has 0 spiro atoms. The van der Waals surface area contributed by atoms with E-state index >= 15 is 0 Å². The predicted molar refractivity (Wildman–Crippen MR) is 63.8 cm³/mol. The van der Waals surface area contributed by atoms with E-state index in [-0.39, 0.29) is 0 Å². The Hall–Kier alpha value is -1.32. The van der Waals surface area contributed by atoms with Crippen LogP contribution in [0, 0.1) is 5.41 Å². The van der Waals surface area contributed by atoms with Gasteiger partial charge in [0.15, 0.2) is 0 Å². The molecule has 0 amide bonds. The number of ether oxygens (including phenoxy) is 1. The Kier molecular flexibility index (Phi) is 2.99. The molecule has 88 valence electrons. The zero-order valence-corrected chi connectivity index (χ0v) is 10.2. The van der Waals surface area contributed by atoms with Crippen LogP contribution in [0.2, 0.25) is 0 Å². The largest absolute Gasteiger partial charge is 0.478 e. The molecule has 16 heavy (non-hydrogen) atoms. The number of aromatic nitrogens is 2. The van der Waals surface area contributed by atoms with Crippen LogP contribution in [0.4, 0.5) is 5.82 Å². The van der Waals surface area contributed by atoms with Crippen molar-refractivity contribution in [1.29, 1.82) is 0 Å². The maximum absolute atomic E-state index is 5.38. The fourth-order valence-electron chi connectivity index (χ4n) is 2.04. The second-order valence-corrected chi connectivity index (χ2v) is 4.98. The lowest BCUT2D eigenvalue weighted by Gasteiger charge is -2.20. The van der Waals surface area contributed by atoms with Crippen LogP contribution in [0.5, 0.6) is 5.88 Å². The van der Waals surface area contributed by atoms with Gasteiger partial charge in [0, 0.05) is 19.2 Å². The average Bonchev–Trinajstić information content (AvgIpc) is 2.60. The van der Waals surface area contributed by atoms with E-state index in [0.717, 1.165) is 18.9 Å². The van der Waals surface area contributed by atoms with E-state index in [2.05, 4.69) is 28.7 Å². The third kappa shape index (κ3) is 2.43. The van der Waals surface area contributed by atoms with Gasteiger partial charge in [-0.25, -0.2) is 9.97 Å². The van der Waals surface area contributed by atoms with Crippen LogP contribution in [0.3, 0.4) is 0 Å². The first-order valence-corrected chi connectivity index (χ1v) is 5.80. The highest BCUT2D eigenvalue weighted by atomic mass is 16.5. The van der Waals surface area contributed by atoms with Crippen LogP contribution in [0.1, 0.15) is 27.2 Å². The molecule has 0 unspecified atom stereocenters. The van der Waals surface area contributed by atoms with Crippen molar-refractivity contribution in [1.82, 2.24) is 9.97 Å². The Morgan fingerprint density at radius 1 is 1.44 bits per heavy atom. The van der Waals surface area contributed by atoms with Gasteiger partial charge in [-0.2, -0.15) is 0 Å². The summed E-state index contributed by atoms with van der Waals surface area (Å²) in [5.74, 6) is 1.64. The SMILES string of the molecule is CCOc1cc(N2CCC(C)(C)C2)ncn1. The molecule has 0 aromatic carbocycles. The fourth-order valence-corrected chi connectivity index (χ4v) is 2.04. The summed E-state index contributed by atoms with van der Waals surface area (Å²) in [4.78, 5) is 10.7. The van der Waals surface area contributed by atoms with Crippen LogP contribution in [0.15, 0.2) is 12.4 Å². The Morgan fingerprint density at radius 3 is 2.88 bits per heavy atom. The molecule has 2 rings (SSSR count). The van der Waals surface area contributed by atoms with Gasteiger partial charge in [-0.3, -0.25) is 0 Å². The molecule has 4 nitrogen and oxygen atoms in total. The van der Waals surface area contributed by atoms with E-state index in [1.807, 2.05) is 13.0 Å². The Bertz CT molecular complexity index is 365. The van der Waals surface area contributed by atoms with Crippen LogP contribution >= 0.6 is 0 Å². The molecule has 0 bridgehead atoms. The fraction of sp³-hybridized carbons (Fsp3) is 0.667. The lowest BCUT2D eigenvalue weighted by Crippen LogP contribution is -2.23. The zero-order valence-electron chi connectivity index (χ0n) is 10.2. The summed E-state index contributed by atoms with van der Waals surface area (Å²) in [6.45, 7) is 9.29. The van der Waals surface area contributed by atoms with Crippen molar-refractivity contribution in [2.24, 2.45) is 5.41 Å². The minimum Gasteiger partial charge on any atom is -0.478 e. The second kappa shape index (κ2) is 4.28. The van der Waals surface area contributed by atoms with Crippen LogP contribution in [0.25, 0.3) is 0 Å². The third-order valence-electron chi connectivity index (χ3n) is 2.92. The number of anilines is 1. The monoisotopic (exact) mass is 221 g/mol. The number of rotatable bonds is 3. The molecule has 2 heterocycles. The van der Waals surface area contributed by atoms with Crippen molar-refractivity contribution in [3.05, 3.63) is 12.4 Å². The molecule has 1 aliphatic heterocycles. The molecule has 1 aromatic rings. The maximum Gasteiger partial charge on any atom is 0.218 e. The van der Waals surface area contributed by atoms with E-state index in [1.165, 1.54) is 6.42 Å². The maximum atomic E-state index is 5.38. The Morgan fingerprint density at radius 2 is 2.25 bits per heavy atom. The van der Waals surface area contributed by atoms with Crippen molar-refractivity contribution in [2.75, 3.05) is 24.6 Å². The highest BCUT2D eigenvalue weighted by Gasteiger charge is 2.29. The number of hydrogen-bond acceptors (Lipinski definition) is 4. The lowest BCUT2D eigenvalue weighted by molar-refractivity contribution is 0.326. The minimum absolute atomic E-state index is 0.386. The van der Waals surface area contributed by atoms with Crippen molar-refractivity contribution >= 4 is 5.82 Å². The molecule has 1 fully saturated rings. The molecule has 1 aromatic heterocycles. The molecule has 4 heteroatoms. The van der Waals surface area contributed by atoms with Crippen molar-refractivity contribution in [3.63, 3.8) is 0 Å². The van der Waals surface area contributed by atoms with Crippen molar-refractivity contribution < 1.29 is 4.74 Å². The lowest BCUT2D eigenvalue weighted by atomic mass is 9.93. The molecule has 0 atom stereocenters. The van der Waals surface area contributed by atoms with Crippen LogP contribution in [-0.4, -0.2) is 29.7 Å².